The molecule has 0 saturated heterocycles. The highest BCUT2D eigenvalue weighted by atomic mass is 15.0. The molecule has 4 heteroatoms. The number of aromatic nitrogens is 2. The van der Waals surface area contributed by atoms with Crippen LogP contribution in [-0.2, 0) is 6.42 Å². The van der Waals surface area contributed by atoms with Crippen molar-refractivity contribution in [1.29, 1.82) is 5.26 Å². The number of nitrogens with zero attached hydrogens (tertiary/aromatic N) is 3. The van der Waals surface area contributed by atoms with E-state index in [2.05, 4.69) is 39.6 Å². The molecule has 2 heterocycles. The van der Waals surface area contributed by atoms with Gasteiger partial charge in [0.05, 0.1) is 17.1 Å². The summed E-state index contributed by atoms with van der Waals surface area (Å²) in [5.41, 5.74) is 2.86. The van der Waals surface area contributed by atoms with E-state index in [0.29, 0.717) is 5.56 Å². The smallest absolute Gasteiger partial charge is 0.127 e. The van der Waals surface area contributed by atoms with Gasteiger partial charge in [0, 0.05) is 24.3 Å². The quantitative estimate of drug-likeness (QED) is 0.793. The van der Waals surface area contributed by atoms with Gasteiger partial charge < -0.3 is 5.32 Å². The Morgan fingerprint density at radius 3 is 2.86 bits per heavy atom. The molecule has 2 aromatic heterocycles. The van der Waals surface area contributed by atoms with Gasteiger partial charge in [0.15, 0.2) is 0 Å². The predicted octanol–water partition coefficient (Wildman–Crippen LogP) is 3.16. The maximum absolute atomic E-state index is 8.87. The van der Waals surface area contributed by atoms with Gasteiger partial charge in [-0.1, -0.05) is 24.3 Å². The molecule has 102 valence electrons. The number of nitrogens with one attached hydrogen (secondary N) is 1. The second-order valence-corrected chi connectivity index (χ2v) is 4.71. The Hall–Kier alpha value is -2.93. The molecule has 1 aromatic carbocycles. The molecule has 1 N–H and O–H groups in total. The van der Waals surface area contributed by atoms with E-state index < -0.39 is 0 Å². The van der Waals surface area contributed by atoms with Gasteiger partial charge in [0.1, 0.15) is 5.82 Å². The van der Waals surface area contributed by atoms with Crippen molar-refractivity contribution in [2.45, 2.75) is 6.42 Å². The van der Waals surface area contributed by atoms with Gasteiger partial charge in [0.2, 0.25) is 0 Å². The van der Waals surface area contributed by atoms with Crippen molar-refractivity contribution in [3.8, 4) is 6.07 Å². The van der Waals surface area contributed by atoms with Crippen LogP contribution in [-0.4, -0.2) is 16.5 Å². The first-order chi connectivity index (χ1) is 10.4. The van der Waals surface area contributed by atoms with Crippen LogP contribution >= 0.6 is 0 Å². The van der Waals surface area contributed by atoms with Crippen molar-refractivity contribution >= 4 is 16.7 Å². The third-order valence-electron chi connectivity index (χ3n) is 3.31. The summed E-state index contributed by atoms with van der Waals surface area (Å²) in [6.45, 7) is 0.748. The Bertz CT molecular complexity index is 800. The molecule has 0 aliphatic heterocycles. The molecule has 0 fully saturated rings. The average molecular weight is 274 g/mol. The summed E-state index contributed by atoms with van der Waals surface area (Å²) < 4.78 is 0. The molecule has 0 saturated carbocycles. The van der Waals surface area contributed by atoms with Gasteiger partial charge in [-0.15, -0.1) is 0 Å². The molecule has 0 atom stereocenters. The number of para-hydroxylation sites is 1. The highest BCUT2D eigenvalue weighted by molar-refractivity contribution is 5.81. The first kappa shape index (κ1) is 13.1. The van der Waals surface area contributed by atoms with Crippen LogP contribution in [0.1, 0.15) is 11.1 Å². The molecule has 0 amide bonds. The Labute approximate surface area is 123 Å². The van der Waals surface area contributed by atoms with Crippen LogP contribution < -0.4 is 5.32 Å². The maximum atomic E-state index is 8.87. The molecule has 0 spiro atoms. The van der Waals surface area contributed by atoms with Gasteiger partial charge in [-0.05, 0) is 30.2 Å². The molecule has 0 unspecified atom stereocenters. The zero-order chi connectivity index (χ0) is 14.5. The van der Waals surface area contributed by atoms with E-state index in [1.165, 1.54) is 5.56 Å². The fraction of sp³-hybridized carbons (Fsp3) is 0.118. The van der Waals surface area contributed by atoms with E-state index in [1.54, 1.807) is 18.3 Å². The molecular weight excluding hydrogens is 260 g/mol. The fourth-order valence-corrected chi connectivity index (χ4v) is 2.29. The van der Waals surface area contributed by atoms with Gasteiger partial charge in [-0.25, -0.2) is 4.98 Å². The Balaban J connectivity index is 1.71. The maximum Gasteiger partial charge on any atom is 0.127 e. The minimum absolute atomic E-state index is 0.610. The fourth-order valence-electron chi connectivity index (χ4n) is 2.29. The van der Waals surface area contributed by atoms with Crippen molar-refractivity contribution in [3.63, 3.8) is 0 Å². The molecule has 0 radical (unpaired) electrons. The lowest BCUT2D eigenvalue weighted by molar-refractivity contribution is 1.01. The lowest BCUT2D eigenvalue weighted by Gasteiger charge is -2.07. The van der Waals surface area contributed by atoms with Crippen LogP contribution in [0.15, 0.2) is 54.9 Å². The van der Waals surface area contributed by atoms with Gasteiger partial charge in [0.25, 0.3) is 0 Å². The summed E-state index contributed by atoms with van der Waals surface area (Å²) in [7, 11) is 0. The third kappa shape index (κ3) is 2.98. The molecule has 3 aromatic rings. The normalized spacial score (nSPS) is 10.2. The summed E-state index contributed by atoms with van der Waals surface area (Å²) in [6.07, 6.45) is 4.31. The number of pyridine rings is 2. The number of fused-ring (bicyclic) bond motifs is 1. The Morgan fingerprint density at radius 2 is 1.95 bits per heavy atom. The standard InChI is InChI=1S/C17H14N4/c18-12-13-6-9-19-16(11-13)20-10-7-15-4-1-3-14-5-2-8-21-17(14)15/h1-6,8-9,11H,7,10H2,(H,19,20). The zero-order valence-corrected chi connectivity index (χ0v) is 11.5. The van der Waals surface area contributed by atoms with Crippen LogP contribution in [0.3, 0.4) is 0 Å². The van der Waals surface area contributed by atoms with Crippen molar-refractivity contribution in [2.24, 2.45) is 0 Å². The second kappa shape index (κ2) is 6.02. The lowest BCUT2D eigenvalue weighted by Crippen LogP contribution is -2.07. The Morgan fingerprint density at radius 1 is 1.05 bits per heavy atom. The summed E-state index contributed by atoms with van der Waals surface area (Å²) >= 11 is 0. The van der Waals surface area contributed by atoms with E-state index in [-0.39, 0.29) is 0 Å². The average Bonchev–Trinajstić information content (AvgIpc) is 2.55. The summed E-state index contributed by atoms with van der Waals surface area (Å²) in [4.78, 5) is 8.65. The minimum atomic E-state index is 0.610. The first-order valence-electron chi connectivity index (χ1n) is 6.79. The highest BCUT2D eigenvalue weighted by Gasteiger charge is 2.02. The number of benzene rings is 1. The van der Waals surface area contributed by atoms with Crippen LogP contribution in [0.4, 0.5) is 5.82 Å². The van der Waals surface area contributed by atoms with E-state index >= 15 is 0 Å². The molecule has 0 aliphatic carbocycles. The molecule has 0 bridgehead atoms. The monoisotopic (exact) mass is 274 g/mol. The van der Waals surface area contributed by atoms with Crippen molar-refractivity contribution < 1.29 is 0 Å². The van der Waals surface area contributed by atoms with E-state index in [0.717, 1.165) is 29.7 Å². The van der Waals surface area contributed by atoms with Crippen molar-refractivity contribution in [2.75, 3.05) is 11.9 Å². The number of rotatable bonds is 4. The molecule has 3 rings (SSSR count). The van der Waals surface area contributed by atoms with Crippen molar-refractivity contribution in [1.82, 2.24) is 9.97 Å². The first-order valence-corrected chi connectivity index (χ1v) is 6.79. The van der Waals surface area contributed by atoms with Crippen LogP contribution in [0, 0.1) is 11.3 Å². The second-order valence-electron chi connectivity index (χ2n) is 4.71. The third-order valence-corrected chi connectivity index (χ3v) is 3.31. The number of anilines is 1. The number of hydrogen-bond acceptors (Lipinski definition) is 4. The Kier molecular flexibility index (Phi) is 3.74. The van der Waals surface area contributed by atoms with Crippen LogP contribution in [0.2, 0.25) is 0 Å². The molecular formula is C17H14N4. The summed E-state index contributed by atoms with van der Waals surface area (Å²) in [6, 6.07) is 15.8. The van der Waals surface area contributed by atoms with Crippen LogP contribution in [0.25, 0.3) is 10.9 Å². The topological polar surface area (TPSA) is 61.6 Å². The highest BCUT2D eigenvalue weighted by Crippen LogP contribution is 2.16. The number of hydrogen-bond donors (Lipinski definition) is 1. The largest absolute Gasteiger partial charge is 0.370 e. The zero-order valence-electron chi connectivity index (χ0n) is 11.5. The van der Waals surface area contributed by atoms with E-state index in [9.17, 15) is 0 Å². The molecule has 21 heavy (non-hydrogen) atoms. The van der Waals surface area contributed by atoms with Gasteiger partial charge in [-0.2, -0.15) is 5.26 Å². The van der Waals surface area contributed by atoms with Gasteiger partial charge >= 0.3 is 0 Å². The lowest BCUT2D eigenvalue weighted by atomic mass is 10.1. The van der Waals surface area contributed by atoms with E-state index in [1.807, 2.05) is 18.3 Å². The number of nitriles is 1. The molecule has 4 nitrogen and oxygen atoms in total. The SMILES string of the molecule is N#Cc1ccnc(NCCc2cccc3cccnc23)c1. The predicted molar refractivity (Wildman–Crippen MR) is 82.9 cm³/mol. The van der Waals surface area contributed by atoms with Crippen molar-refractivity contribution in [3.05, 3.63) is 66.0 Å². The van der Waals surface area contributed by atoms with Gasteiger partial charge in [-0.3, -0.25) is 4.98 Å². The summed E-state index contributed by atoms with van der Waals surface area (Å²) in [5.74, 6) is 0.724. The van der Waals surface area contributed by atoms with Crippen LogP contribution in [0.5, 0.6) is 0 Å². The van der Waals surface area contributed by atoms with E-state index in [4.69, 9.17) is 5.26 Å². The summed E-state index contributed by atoms with van der Waals surface area (Å²) in [5, 5.41) is 13.3. The molecule has 0 aliphatic rings. The minimum Gasteiger partial charge on any atom is -0.370 e.